The average molecular weight is 491 g/mol. The van der Waals surface area contributed by atoms with Crippen molar-refractivity contribution < 1.29 is 23.7 Å². The Balaban J connectivity index is 0.000000153. The standard InChI is InChI=1S/C16H26O3.C11H18O.C3H6O/c1-3-17-13-4-6-14(7-5-13)18-11-12-8-9-16(2)15(10-12)19-16;1-11-7-9-5-3-2-4-8(9)6-10(11)12-11;1-3-4-2/h3,12-15H,1,4-11H2,2H3;8-10H,2-7H2,1H3;3H,1H2,2H3. The number of ether oxygens (including phenoxy) is 5. The molecule has 0 amide bonds. The van der Waals surface area contributed by atoms with Crippen LogP contribution in [0.2, 0.25) is 0 Å². The number of rotatable bonds is 6. The first kappa shape index (κ1) is 27.0. The predicted molar refractivity (Wildman–Crippen MR) is 139 cm³/mol. The zero-order valence-corrected chi connectivity index (χ0v) is 22.6. The molecule has 7 unspecified atom stereocenters. The zero-order chi connectivity index (χ0) is 24.9. The van der Waals surface area contributed by atoms with Crippen LogP contribution in [-0.2, 0) is 23.7 Å². The van der Waals surface area contributed by atoms with Gasteiger partial charge < -0.3 is 23.7 Å². The lowest BCUT2D eigenvalue weighted by atomic mass is 9.68. The molecule has 6 aliphatic rings. The molecule has 6 rings (SSSR count). The lowest BCUT2D eigenvalue weighted by molar-refractivity contribution is -0.0243. The van der Waals surface area contributed by atoms with Gasteiger partial charge in [-0.25, -0.2) is 0 Å². The van der Waals surface area contributed by atoms with Gasteiger partial charge in [-0.1, -0.05) is 38.8 Å². The Morgan fingerprint density at radius 1 is 0.800 bits per heavy atom. The molecule has 0 N–H and O–H groups in total. The van der Waals surface area contributed by atoms with Gasteiger partial charge in [-0.3, -0.25) is 0 Å². The molecule has 0 aromatic rings. The first-order valence-corrected chi connectivity index (χ1v) is 14.3. The van der Waals surface area contributed by atoms with E-state index < -0.39 is 0 Å². The van der Waals surface area contributed by atoms with Crippen molar-refractivity contribution in [1.29, 1.82) is 0 Å². The van der Waals surface area contributed by atoms with Gasteiger partial charge in [0.1, 0.15) is 0 Å². The number of fused-ring (bicyclic) bond motifs is 3. The third kappa shape index (κ3) is 7.26. The topological polar surface area (TPSA) is 52.8 Å². The maximum atomic E-state index is 6.11. The molecule has 4 aliphatic carbocycles. The Hall–Kier alpha value is -1.04. The molecule has 200 valence electrons. The van der Waals surface area contributed by atoms with Crippen LogP contribution in [0.15, 0.2) is 25.7 Å². The first-order valence-electron chi connectivity index (χ1n) is 14.3. The fourth-order valence-corrected chi connectivity index (χ4v) is 7.04. The third-order valence-electron chi connectivity index (χ3n) is 9.56. The van der Waals surface area contributed by atoms with Crippen molar-refractivity contribution in [1.82, 2.24) is 0 Å². The molecule has 35 heavy (non-hydrogen) atoms. The van der Waals surface area contributed by atoms with Gasteiger partial charge >= 0.3 is 0 Å². The maximum Gasteiger partial charge on any atom is 0.0980 e. The van der Waals surface area contributed by atoms with E-state index in [0.29, 0.717) is 35.9 Å². The Morgan fingerprint density at radius 2 is 1.43 bits per heavy atom. The minimum Gasteiger partial charge on any atom is -0.505 e. The molecule has 0 bridgehead atoms. The van der Waals surface area contributed by atoms with Crippen molar-refractivity contribution in [2.75, 3.05) is 13.7 Å². The van der Waals surface area contributed by atoms with Gasteiger partial charge in [0.15, 0.2) is 0 Å². The van der Waals surface area contributed by atoms with E-state index in [9.17, 15) is 0 Å². The molecule has 5 nitrogen and oxygen atoms in total. The molecule has 2 aliphatic heterocycles. The van der Waals surface area contributed by atoms with Crippen molar-refractivity contribution in [2.24, 2.45) is 17.8 Å². The minimum absolute atomic E-state index is 0.233. The van der Waals surface area contributed by atoms with E-state index in [1.165, 1.54) is 64.0 Å². The van der Waals surface area contributed by atoms with E-state index in [0.717, 1.165) is 44.1 Å². The number of hydrogen-bond donors (Lipinski definition) is 0. The second-order valence-corrected chi connectivity index (χ2v) is 12.2. The highest BCUT2D eigenvalue weighted by molar-refractivity contribution is 5.06. The molecule has 5 heteroatoms. The quantitative estimate of drug-likeness (QED) is 0.298. The second-order valence-electron chi connectivity index (χ2n) is 12.2. The van der Waals surface area contributed by atoms with E-state index in [2.05, 4.69) is 31.7 Å². The summed E-state index contributed by atoms with van der Waals surface area (Å²) in [4.78, 5) is 0. The summed E-state index contributed by atoms with van der Waals surface area (Å²) in [5.74, 6) is 2.75. The largest absolute Gasteiger partial charge is 0.505 e. The van der Waals surface area contributed by atoms with Crippen LogP contribution in [-0.4, -0.2) is 49.3 Å². The summed E-state index contributed by atoms with van der Waals surface area (Å²) in [6.07, 6.45) is 21.7. The molecular weight excluding hydrogens is 440 g/mol. The highest BCUT2D eigenvalue weighted by Crippen LogP contribution is 2.55. The molecule has 6 fully saturated rings. The highest BCUT2D eigenvalue weighted by Gasteiger charge is 2.58. The molecule has 0 aromatic heterocycles. The number of hydrogen-bond acceptors (Lipinski definition) is 5. The molecular formula is C30H50O5. The average Bonchev–Trinajstić information content (AvgIpc) is 3.74. The fourth-order valence-electron chi connectivity index (χ4n) is 7.04. The van der Waals surface area contributed by atoms with E-state index in [1.54, 1.807) is 13.4 Å². The van der Waals surface area contributed by atoms with Gasteiger partial charge in [0.05, 0.1) is 55.3 Å². The molecule has 2 saturated heterocycles. The summed E-state index contributed by atoms with van der Waals surface area (Å²) in [6, 6.07) is 0. The van der Waals surface area contributed by atoms with Crippen LogP contribution >= 0.6 is 0 Å². The normalized spacial score (nSPS) is 44.8. The van der Waals surface area contributed by atoms with Gasteiger partial charge in [-0.2, -0.15) is 0 Å². The summed E-state index contributed by atoms with van der Waals surface area (Å²) < 4.78 is 27.4. The highest BCUT2D eigenvalue weighted by atomic mass is 16.6. The summed E-state index contributed by atoms with van der Waals surface area (Å²) in [6.45, 7) is 12.4. The van der Waals surface area contributed by atoms with Crippen molar-refractivity contribution in [2.45, 2.75) is 133 Å². The van der Waals surface area contributed by atoms with Crippen molar-refractivity contribution in [3.05, 3.63) is 25.7 Å². The van der Waals surface area contributed by atoms with Gasteiger partial charge in [-0.15, -0.1) is 0 Å². The molecule has 7 atom stereocenters. The van der Waals surface area contributed by atoms with E-state index >= 15 is 0 Å². The van der Waals surface area contributed by atoms with Crippen LogP contribution in [0.1, 0.15) is 97.3 Å². The number of methoxy groups -OCH3 is 1. The van der Waals surface area contributed by atoms with Gasteiger partial charge in [0.2, 0.25) is 0 Å². The summed E-state index contributed by atoms with van der Waals surface area (Å²) in [5.41, 5.74) is 0.565. The van der Waals surface area contributed by atoms with Crippen LogP contribution in [0.5, 0.6) is 0 Å². The number of epoxide rings is 2. The summed E-state index contributed by atoms with van der Waals surface area (Å²) in [5, 5.41) is 0. The second kappa shape index (κ2) is 12.0. The minimum atomic E-state index is 0.233. The Kier molecular flexibility index (Phi) is 9.26. The molecule has 2 heterocycles. The third-order valence-corrected chi connectivity index (χ3v) is 9.56. The van der Waals surface area contributed by atoms with Crippen molar-refractivity contribution in [3.63, 3.8) is 0 Å². The maximum absolute atomic E-state index is 6.11. The lowest BCUT2D eigenvalue weighted by Crippen LogP contribution is -2.32. The zero-order valence-electron chi connectivity index (χ0n) is 22.6. The van der Waals surface area contributed by atoms with E-state index in [1.807, 2.05) is 0 Å². The predicted octanol–water partition coefficient (Wildman–Crippen LogP) is 6.95. The van der Waals surface area contributed by atoms with Gasteiger partial charge in [0, 0.05) is 6.61 Å². The SMILES string of the molecule is C=COC.C=COC1CCC(OCC2CCC3(C)OC3C2)CC1.CC12CC3CCCCC3CC1O2. The Labute approximate surface area is 213 Å². The fraction of sp³-hybridized carbons (Fsp3) is 0.867. The lowest BCUT2D eigenvalue weighted by Gasteiger charge is -2.35. The smallest absolute Gasteiger partial charge is 0.0980 e. The monoisotopic (exact) mass is 490 g/mol. The van der Waals surface area contributed by atoms with Crippen molar-refractivity contribution in [3.8, 4) is 0 Å². The molecule has 4 saturated carbocycles. The first-order chi connectivity index (χ1) is 16.9. The summed E-state index contributed by atoms with van der Waals surface area (Å²) in [7, 11) is 1.56. The van der Waals surface area contributed by atoms with Crippen LogP contribution < -0.4 is 0 Å². The van der Waals surface area contributed by atoms with Crippen LogP contribution in [0.4, 0.5) is 0 Å². The van der Waals surface area contributed by atoms with Gasteiger partial charge in [-0.05, 0) is 89.4 Å². The van der Waals surface area contributed by atoms with Gasteiger partial charge in [0.25, 0.3) is 0 Å². The molecule has 0 aromatic carbocycles. The van der Waals surface area contributed by atoms with Crippen LogP contribution in [0, 0.1) is 17.8 Å². The Bertz CT molecular complexity index is 688. The van der Waals surface area contributed by atoms with Crippen molar-refractivity contribution >= 4 is 0 Å². The molecule has 0 spiro atoms. The summed E-state index contributed by atoms with van der Waals surface area (Å²) >= 11 is 0. The van der Waals surface area contributed by atoms with E-state index in [-0.39, 0.29) is 5.60 Å². The van der Waals surface area contributed by atoms with Crippen LogP contribution in [0.3, 0.4) is 0 Å². The van der Waals surface area contributed by atoms with Crippen LogP contribution in [0.25, 0.3) is 0 Å². The van der Waals surface area contributed by atoms with E-state index in [4.69, 9.17) is 18.9 Å². The molecule has 0 radical (unpaired) electrons. The Morgan fingerprint density at radius 3 is 2.09 bits per heavy atom.